The summed E-state index contributed by atoms with van der Waals surface area (Å²) in [4.78, 5) is 16.6. The van der Waals surface area contributed by atoms with E-state index >= 15 is 0 Å². The maximum absolute atomic E-state index is 12.0. The molecular weight excluding hydrogens is 340 g/mol. The number of aromatic nitrogens is 1. The van der Waals surface area contributed by atoms with Crippen molar-refractivity contribution in [1.82, 2.24) is 4.98 Å². The summed E-state index contributed by atoms with van der Waals surface area (Å²) in [5.74, 6) is 0.772. The van der Waals surface area contributed by atoms with E-state index in [4.69, 9.17) is 4.42 Å². The fraction of sp³-hybridized carbons (Fsp3) is 0.364. The van der Waals surface area contributed by atoms with Crippen LogP contribution in [0.2, 0.25) is 0 Å². The number of anilines is 1. The number of oxazole rings is 1. The minimum Gasteiger partial charge on any atom is -0.507 e. The summed E-state index contributed by atoms with van der Waals surface area (Å²) in [6.45, 7) is 6.36. The first-order valence-electron chi connectivity index (χ1n) is 9.51. The molecule has 27 heavy (non-hydrogen) atoms. The highest BCUT2D eigenvalue weighted by atomic mass is 16.3. The van der Waals surface area contributed by atoms with Gasteiger partial charge in [0, 0.05) is 12.1 Å². The zero-order chi connectivity index (χ0) is 19.4. The third kappa shape index (κ3) is 4.48. The van der Waals surface area contributed by atoms with Crippen LogP contribution in [0.3, 0.4) is 0 Å². The highest BCUT2D eigenvalue weighted by Crippen LogP contribution is 2.34. The predicted octanol–water partition coefficient (Wildman–Crippen LogP) is 5.84. The van der Waals surface area contributed by atoms with Crippen LogP contribution in [0.15, 0.2) is 40.8 Å². The molecule has 0 unspecified atom stereocenters. The lowest BCUT2D eigenvalue weighted by atomic mass is 10.0. The molecule has 1 aromatic heterocycles. The Morgan fingerprint density at radius 3 is 2.74 bits per heavy atom. The summed E-state index contributed by atoms with van der Waals surface area (Å²) in [5, 5.41) is 13.1. The predicted molar refractivity (Wildman–Crippen MR) is 108 cm³/mol. The van der Waals surface area contributed by atoms with E-state index in [1.165, 1.54) is 5.56 Å². The lowest BCUT2D eigenvalue weighted by Gasteiger charge is -2.07. The minimum absolute atomic E-state index is 0.0285. The van der Waals surface area contributed by atoms with Crippen molar-refractivity contribution in [1.29, 1.82) is 0 Å². The van der Waals surface area contributed by atoms with Crippen molar-refractivity contribution >= 4 is 22.7 Å². The van der Waals surface area contributed by atoms with Crippen molar-refractivity contribution in [3.8, 4) is 17.2 Å². The molecule has 0 fully saturated rings. The van der Waals surface area contributed by atoms with Crippen LogP contribution in [-0.4, -0.2) is 16.0 Å². The molecule has 2 N–H and O–H groups in total. The van der Waals surface area contributed by atoms with Crippen LogP contribution >= 0.6 is 0 Å². The fourth-order valence-corrected chi connectivity index (χ4v) is 2.96. The number of carbonyl (C=O) groups is 1. The second kappa shape index (κ2) is 8.25. The van der Waals surface area contributed by atoms with E-state index in [0.717, 1.165) is 24.8 Å². The maximum atomic E-state index is 12.0. The summed E-state index contributed by atoms with van der Waals surface area (Å²) < 4.78 is 5.83. The Bertz CT molecular complexity index is 944. The van der Waals surface area contributed by atoms with E-state index in [-0.39, 0.29) is 11.7 Å². The molecular formula is C22H26N2O3. The molecule has 5 nitrogen and oxygen atoms in total. The second-order valence-corrected chi connectivity index (χ2v) is 7.14. The summed E-state index contributed by atoms with van der Waals surface area (Å²) >= 11 is 0. The topological polar surface area (TPSA) is 75.4 Å². The number of amides is 1. The quantitative estimate of drug-likeness (QED) is 0.407. The number of fused-ring (bicyclic) bond motifs is 1. The van der Waals surface area contributed by atoms with Gasteiger partial charge in [-0.3, -0.25) is 4.79 Å². The molecule has 0 spiro atoms. The molecule has 0 saturated heterocycles. The average molecular weight is 366 g/mol. The van der Waals surface area contributed by atoms with Gasteiger partial charge in [0.25, 0.3) is 0 Å². The average Bonchev–Trinajstić information content (AvgIpc) is 3.06. The second-order valence-electron chi connectivity index (χ2n) is 7.14. The molecule has 5 heteroatoms. The first-order chi connectivity index (χ1) is 13.0. The van der Waals surface area contributed by atoms with Crippen LogP contribution in [0.5, 0.6) is 5.75 Å². The van der Waals surface area contributed by atoms with Gasteiger partial charge in [0.15, 0.2) is 5.58 Å². The summed E-state index contributed by atoms with van der Waals surface area (Å²) in [6, 6.07) is 10.8. The monoisotopic (exact) mass is 366 g/mol. The third-order valence-corrected chi connectivity index (χ3v) is 4.60. The summed E-state index contributed by atoms with van der Waals surface area (Å²) in [5.41, 5.74) is 3.69. The summed E-state index contributed by atoms with van der Waals surface area (Å²) in [6.07, 6.45) is 3.48. The van der Waals surface area contributed by atoms with Gasteiger partial charge in [-0.15, -0.1) is 0 Å². The smallest absolute Gasteiger partial charge is 0.231 e. The zero-order valence-corrected chi connectivity index (χ0v) is 16.1. The number of phenolic OH excluding ortho intramolecular Hbond substituents is 1. The van der Waals surface area contributed by atoms with Crippen molar-refractivity contribution in [2.24, 2.45) is 0 Å². The Labute approximate surface area is 159 Å². The number of carbonyl (C=O) groups excluding carboxylic acids is 1. The highest BCUT2D eigenvalue weighted by Gasteiger charge is 2.15. The Morgan fingerprint density at radius 2 is 2.00 bits per heavy atom. The molecule has 0 saturated carbocycles. The van der Waals surface area contributed by atoms with Gasteiger partial charge in [-0.05, 0) is 48.2 Å². The van der Waals surface area contributed by atoms with Crippen LogP contribution in [0.25, 0.3) is 22.6 Å². The Hall–Kier alpha value is -2.82. The van der Waals surface area contributed by atoms with Gasteiger partial charge in [-0.1, -0.05) is 39.7 Å². The van der Waals surface area contributed by atoms with Crippen molar-refractivity contribution in [2.45, 2.75) is 52.4 Å². The van der Waals surface area contributed by atoms with Gasteiger partial charge in [0.2, 0.25) is 11.8 Å². The standard InChI is InChI=1S/C22H26N2O3/c1-4-5-6-7-21(26)23-16-9-10-19(25)17(13-16)22-24-18-12-15(14(2)3)8-11-20(18)27-22/h8-14,25H,4-7H2,1-3H3,(H,23,26). The largest absolute Gasteiger partial charge is 0.507 e. The molecule has 1 heterocycles. The molecule has 0 aliphatic carbocycles. The number of hydrogen-bond acceptors (Lipinski definition) is 4. The van der Waals surface area contributed by atoms with Crippen molar-refractivity contribution in [3.63, 3.8) is 0 Å². The molecule has 0 bridgehead atoms. The number of rotatable bonds is 7. The SMILES string of the molecule is CCCCCC(=O)Nc1ccc(O)c(-c2nc3cc(C(C)C)ccc3o2)c1. The highest BCUT2D eigenvalue weighted by molar-refractivity contribution is 5.91. The lowest BCUT2D eigenvalue weighted by Crippen LogP contribution is -2.11. The van der Waals surface area contributed by atoms with Gasteiger partial charge in [-0.25, -0.2) is 4.98 Å². The van der Waals surface area contributed by atoms with Gasteiger partial charge in [0.05, 0.1) is 5.56 Å². The molecule has 1 amide bonds. The van der Waals surface area contributed by atoms with Crippen LogP contribution in [-0.2, 0) is 4.79 Å². The zero-order valence-electron chi connectivity index (χ0n) is 16.1. The number of phenols is 1. The van der Waals surface area contributed by atoms with Gasteiger partial charge >= 0.3 is 0 Å². The van der Waals surface area contributed by atoms with E-state index in [9.17, 15) is 9.90 Å². The van der Waals surface area contributed by atoms with E-state index in [0.29, 0.717) is 35.1 Å². The molecule has 3 aromatic rings. The van der Waals surface area contributed by atoms with Crippen LogP contribution in [0.1, 0.15) is 57.9 Å². The normalized spacial score (nSPS) is 11.3. The Kier molecular flexibility index (Phi) is 5.79. The van der Waals surface area contributed by atoms with Crippen molar-refractivity contribution in [3.05, 3.63) is 42.0 Å². The number of nitrogens with zero attached hydrogens (tertiary/aromatic N) is 1. The molecule has 142 valence electrons. The third-order valence-electron chi connectivity index (χ3n) is 4.60. The minimum atomic E-state index is -0.0285. The Balaban J connectivity index is 1.85. The van der Waals surface area contributed by atoms with Gasteiger partial charge in [0.1, 0.15) is 11.3 Å². The number of aromatic hydroxyl groups is 1. The maximum Gasteiger partial charge on any atom is 0.231 e. The number of unbranched alkanes of at least 4 members (excludes halogenated alkanes) is 2. The van der Waals surface area contributed by atoms with Crippen LogP contribution < -0.4 is 5.32 Å². The number of nitrogens with one attached hydrogen (secondary N) is 1. The first-order valence-corrected chi connectivity index (χ1v) is 9.51. The molecule has 0 radical (unpaired) electrons. The Morgan fingerprint density at radius 1 is 1.19 bits per heavy atom. The molecule has 0 aliphatic heterocycles. The lowest BCUT2D eigenvalue weighted by molar-refractivity contribution is -0.116. The van der Waals surface area contributed by atoms with Gasteiger partial charge < -0.3 is 14.8 Å². The van der Waals surface area contributed by atoms with E-state index < -0.39 is 0 Å². The first kappa shape index (κ1) is 19.0. The molecule has 0 aliphatic rings. The van der Waals surface area contributed by atoms with Crippen molar-refractivity contribution < 1.29 is 14.3 Å². The summed E-state index contributed by atoms with van der Waals surface area (Å²) in [7, 11) is 0. The number of benzene rings is 2. The van der Waals surface area contributed by atoms with Crippen molar-refractivity contribution in [2.75, 3.05) is 5.32 Å². The van der Waals surface area contributed by atoms with Gasteiger partial charge in [-0.2, -0.15) is 0 Å². The van der Waals surface area contributed by atoms with E-state index in [1.54, 1.807) is 18.2 Å². The molecule has 0 atom stereocenters. The fourth-order valence-electron chi connectivity index (χ4n) is 2.96. The van der Waals surface area contributed by atoms with Crippen LogP contribution in [0, 0.1) is 0 Å². The molecule has 2 aromatic carbocycles. The van der Waals surface area contributed by atoms with E-state index in [2.05, 4.69) is 31.1 Å². The van der Waals surface area contributed by atoms with E-state index in [1.807, 2.05) is 18.2 Å². The molecule has 3 rings (SSSR count). The number of hydrogen-bond donors (Lipinski definition) is 2. The van der Waals surface area contributed by atoms with Crippen LogP contribution in [0.4, 0.5) is 5.69 Å².